The number of hydrogen-bond acceptors (Lipinski definition) is 4. The van der Waals surface area contributed by atoms with E-state index in [-0.39, 0.29) is 18.8 Å². The molecular weight excluding hydrogens is 194 g/mol. The van der Waals surface area contributed by atoms with Gasteiger partial charge in [0.1, 0.15) is 6.10 Å². The Morgan fingerprint density at radius 2 is 2.13 bits per heavy atom. The Kier molecular flexibility index (Phi) is 4.80. The minimum absolute atomic E-state index is 0.206. The lowest BCUT2D eigenvalue weighted by Crippen LogP contribution is -2.18. The van der Waals surface area contributed by atoms with Crippen molar-refractivity contribution in [1.82, 2.24) is 0 Å². The summed E-state index contributed by atoms with van der Waals surface area (Å²) < 4.78 is 0. The topological polar surface area (TPSA) is 58.6 Å². The molecule has 0 amide bonds. The van der Waals surface area contributed by atoms with Crippen molar-refractivity contribution >= 4 is 11.5 Å². The minimum Gasteiger partial charge on any atom is -0.386 e. The summed E-state index contributed by atoms with van der Waals surface area (Å²) in [7, 11) is 0. The average Bonchev–Trinajstić information content (AvgIpc) is 2.25. The zero-order valence-electron chi connectivity index (χ0n) is 8.64. The number of aliphatic hydroxyl groups excluding tert-OH is 1. The second kappa shape index (κ2) is 6.16. The number of Topliss-reactive ketones (excluding diaryl/α,β-unsaturated/α-hetero) is 1. The molecule has 0 spiro atoms. The number of benzene rings is 1. The molecule has 0 fully saturated rings. The lowest BCUT2D eigenvalue weighted by molar-refractivity contribution is -0.127. The van der Waals surface area contributed by atoms with Crippen molar-refractivity contribution in [3.8, 4) is 0 Å². The van der Waals surface area contributed by atoms with Crippen LogP contribution >= 0.6 is 0 Å². The van der Waals surface area contributed by atoms with Gasteiger partial charge in [0.25, 0.3) is 0 Å². The van der Waals surface area contributed by atoms with Crippen molar-refractivity contribution in [2.75, 3.05) is 12.1 Å². The van der Waals surface area contributed by atoms with E-state index in [2.05, 4.69) is 5.48 Å². The largest absolute Gasteiger partial charge is 0.386 e. The zero-order valence-corrected chi connectivity index (χ0v) is 8.64. The molecule has 1 unspecified atom stereocenters. The Morgan fingerprint density at radius 1 is 1.47 bits per heavy atom. The summed E-state index contributed by atoms with van der Waals surface area (Å²) in [6.07, 6.45) is -0.706. The van der Waals surface area contributed by atoms with Crippen LogP contribution in [0.3, 0.4) is 0 Å². The highest BCUT2D eigenvalue weighted by molar-refractivity contribution is 5.82. The maximum Gasteiger partial charge on any atom is 0.163 e. The molecule has 1 atom stereocenters. The van der Waals surface area contributed by atoms with Crippen LogP contribution in [0.5, 0.6) is 0 Å². The van der Waals surface area contributed by atoms with Crippen LogP contribution in [0.1, 0.15) is 13.3 Å². The fourth-order valence-corrected chi connectivity index (χ4v) is 1.00. The van der Waals surface area contributed by atoms with E-state index < -0.39 is 6.10 Å². The Labute approximate surface area is 88.8 Å². The van der Waals surface area contributed by atoms with E-state index in [0.29, 0.717) is 0 Å². The van der Waals surface area contributed by atoms with E-state index in [9.17, 15) is 4.79 Å². The molecule has 2 N–H and O–H groups in total. The summed E-state index contributed by atoms with van der Waals surface area (Å²) in [4.78, 5) is 16.1. The lowest BCUT2D eigenvalue weighted by Gasteiger charge is -2.06. The molecule has 1 aromatic carbocycles. The number of anilines is 1. The van der Waals surface area contributed by atoms with E-state index in [0.717, 1.165) is 5.69 Å². The summed E-state index contributed by atoms with van der Waals surface area (Å²) in [6.45, 7) is 1.70. The van der Waals surface area contributed by atoms with Crippen molar-refractivity contribution in [2.45, 2.75) is 19.4 Å². The van der Waals surface area contributed by atoms with Gasteiger partial charge in [-0.3, -0.25) is 15.1 Å². The number of hydrogen-bond donors (Lipinski definition) is 2. The maximum atomic E-state index is 11.0. The first-order chi connectivity index (χ1) is 7.20. The van der Waals surface area contributed by atoms with Crippen molar-refractivity contribution in [1.29, 1.82) is 0 Å². The van der Waals surface area contributed by atoms with Crippen LogP contribution in [0.15, 0.2) is 30.3 Å². The molecule has 0 aromatic heterocycles. The molecule has 0 bridgehead atoms. The monoisotopic (exact) mass is 209 g/mol. The van der Waals surface area contributed by atoms with E-state index in [1.165, 1.54) is 6.92 Å². The van der Waals surface area contributed by atoms with Gasteiger partial charge in [-0.25, -0.2) is 0 Å². The predicted octanol–water partition coefficient (Wildman–Crippen LogP) is 1.37. The third-order valence-corrected chi connectivity index (χ3v) is 1.88. The smallest absolute Gasteiger partial charge is 0.163 e. The van der Waals surface area contributed by atoms with Gasteiger partial charge in [-0.1, -0.05) is 18.2 Å². The van der Waals surface area contributed by atoms with Gasteiger partial charge in [-0.15, -0.1) is 0 Å². The third kappa shape index (κ3) is 4.58. The number of para-hydroxylation sites is 1. The molecule has 15 heavy (non-hydrogen) atoms. The molecule has 0 saturated carbocycles. The van der Waals surface area contributed by atoms with Crippen molar-refractivity contribution in [3.63, 3.8) is 0 Å². The summed E-state index contributed by atoms with van der Waals surface area (Å²) in [6, 6.07) is 9.38. The van der Waals surface area contributed by atoms with Crippen LogP contribution in [0.25, 0.3) is 0 Å². The molecule has 4 nitrogen and oxygen atoms in total. The molecule has 1 aromatic rings. The second-order valence-corrected chi connectivity index (χ2v) is 3.21. The Balaban J connectivity index is 2.15. The fourth-order valence-electron chi connectivity index (χ4n) is 1.00. The van der Waals surface area contributed by atoms with Crippen LogP contribution in [0, 0.1) is 0 Å². The number of nitrogens with one attached hydrogen (secondary N) is 1. The zero-order chi connectivity index (χ0) is 11.1. The SMILES string of the molecule is CC(O)C(=O)CCONc1ccccc1. The fraction of sp³-hybridized carbons (Fsp3) is 0.364. The van der Waals surface area contributed by atoms with E-state index in [1.54, 1.807) is 0 Å². The summed E-state index contributed by atoms with van der Waals surface area (Å²) >= 11 is 0. The first-order valence-corrected chi connectivity index (χ1v) is 4.84. The molecule has 0 aliphatic rings. The predicted molar refractivity (Wildman–Crippen MR) is 57.3 cm³/mol. The quantitative estimate of drug-likeness (QED) is 0.548. The van der Waals surface area contributed by atoms with Crippen LogP contribution in [0.4, 0.5) is 5.69 Å². The van der Waals surface area contributed by atoms with Crippen LogP contribution in [-0.4, -0.2) is 23.6 Å². The number of carbonyl (C=O) groups excluding carboxylic acids is 1. The molecule has 0 heterocycles. The van der Waals surface area contributed by atoms with E-state index >= 15 is 0 Å². The van der Waals surface area contributed by atoms with Gasteiger partial charge in [-0.2, -0.15) is 0 Å². The van der Waals surface area contributed by atoms with Crippen LogP contribution in [0.2, 0.25) is 0 Å². The Hall–Kier alpha value is -1.39. The molecule has 4 heteroatoms. The first kappa shape index (κ1) is 11.7. The van der Waals surface area contributed by atoms with Gasteiger partial charge in [0.15, 0.2) is 5.78 Å². The van der Waals surface area contributed by atoms with E-state index in [1.807, 2.05) is 30.3 Å². The van der Waals surface area contributed by atoms with Crippen molar-refractivity contribution in [2.24, 2.45) is 0 Å². The Bertz CT molecular complexity index is 298. The van der Waals surface area contributed by atoms with Gasteiger partial charge in [0.05, 0.1) is 12.3 Å². The highest BCUT2D eigenvalue weighted by Crippen LogP contribution is 2.04. The Morgan fingerprint density at radius 3 is 2.73 bits per heavy atom. The number of ketones is 1. The highest BCUT2D eigenvalue weighted by Gasteiger charge is 2.07. The number of rotatable bonds is 6. The molecule has 0 radical (unpaired) electrons. The first-order valence-electron chi connectivity index (χ1n) is 4.84. The second-order valence-electron chi connectivity index (χ2n) is 3.21. The minimum atomic E-state index is -0.912. The average molecular weight is 209 g/mol. The van der Waals surface area contributed by atoms with Gasteiger partial charge in [0, 0.05) is 6.42 Å². The summed E-state index contributed by atoms with van der Waals surface area (Å²) in [5.74, 6) is -0.218. The molecule has 0 aliphatic carbocycles. The van der Waals surface area contributed by atoms with E-state index in [4.69, 9.17) is 9.94 Å². The highest BCUT2D eigenvalue weighted by atomic mass is 16.6. The molecule has 1 rings (SSSR count). The number of aliphatic hydroxyl groups is 1. The standard InChI is InChI=1S/C11H15NO3/c1-9(13)11(14)7-8-15-12-10-5-3-2-4-6-10/h2-6,9,12-13H,7-8H2,1H3. The summed E-state index contributed by atoms with van der Waals surface area (Å²) in [5.41, 5.74) is 3.54. The molecule has 0 saturated heterocycles. The lowest BCUT2D eigenvalue weighted by atomic mass is 10.2. The van der Waals surface area contributed by atoms with Crippen LogP contribution < -0.4 is 5.48 Å². The third-order valence-electron chi connectivity index (χ3n) is 1.88. The molecule has 82 valence electrons. The van der Waals surface area contributed by atoms with Gasteiger partial charge < -0.3 is 5.11 Å². The van der Waals surface area contributed by atoms with Gasteiger partial charge in [0.2, 0.25) is 0 Å². The molecule has 0 aliphatic heterocycles. The summed E-state index contributed by atoms with van der Waals surface area (Å²) in [5, 5.41) is 8.91. The maximum absolute atomic E-state index is 11.0. The van der Waals surface area contributed by atoms with Crippen LogP contribution in [-0.2, 0) is 9.63 Å². The molecular formula is C11H15NO3. The van der Waals surface area contributed by atoms with Gasteiger partial charge in [-0.05, 0) is 19.1 Å². The van der Waals surface area contributed by atoms with Crippen molar-refractivity contribution < 1.29 is 14.7 Å². The van der Waals surface area contributed by atoms with Crippen molar-refractivity contribution in [3.05, 3.63) is 30.3 Å². The number of carbonyl (C=O) groups is 1. The van der Waals surface area contributed by atoms with Gasteiger partial charge >= 0.3 is 0 Å². The normalized spacial score (nSPS) is 12.1.